The molecule has 0 radical (unpaired) electrons. The van der Waals surface area contributed by atoms with Gasteiger partial charge in [0, 0.05) is 24.4 Å². The molecule has 0 spiro atoms. The van der Waals surface area contributed by atoms with Crippen LogP contribution in [0, 0.1) is 5.92 Å². The van der Waals surface area contributed by atoms with Gasteiger partial charge in [-0.05, 0) is 37.7 Å². The van der Waals surface area contributed by atoms with Gasteiger partial charge < -0.3 is 4.90 Å². The second-order valence-electron chi connectivity index (χ2n) is 6.65. The smallest absolute Gasteiger partial charge is 0.225 e. The Balaban J connectivity index is 1.77. The van der Waals surface area contributed by atoms with E-state index in [0.717, 1.165) is 25.8 Å². The Morgan fingerprint density at radius 2 is 1.86 bits per heavy atom. The molecule has 2 fully saturated rings. The third-order valence-corrected chi connectivity index (χ3v) is 5.42. The standard InChI is InChI=1S/C19H27NO/c1-2-17(15-9-4-3-5-10-15)18-13-8-14-20(18)19(21)16-11-6-7-12-16/h3-5,9-10,16-18H,2,6-8,11-14H2,1H3/t17-,18-/m1/s1. The summed E-state index contributed by atoms with van der Waals surface area (Å²) in [6, 6.07) is 11.2. The molecule has 21 heavy (non-hydrogen) atoms. The van der Waals surface area contributed by atoms with Gasteiger partial charge in [0.15, 0.2) is 0 Å². The molecule has 0 N–H and O–H groups in total. The summed E-state index contributed by atoms with van der Waals surface area (Å²) in [5.74, 6) is 1.27. The van der Waals surface area contributed by atoms with E-state index in [-0.39, 0.29) is 0 Å². The molecule has 0 unspecified atom stereocenters. The summed E-state index contributed by atoms with van der Waals surface area (Å²) < 4.78 is 0. The lowest BCUT2D eigenvalue weighted by molar-refractivity contribution is -0.136. The van der Waals surface area contributed by atoms with E-state index < -0.39 is 0 Å². The van der Waals surface area contributed by atoms with Gasteiger partial charge in [-0.15, -0.1) is 0 Å². The van der Waals surface area contributed by atoms with E-state index in [4.69, 9.17) is 0 Å². The molecule has 1 amide bonds. The van der Waals surface area contributed by atoms with Crippen LogP contribution in [0.4, 0.5) is 0 Å². The molecule has 0 aromatic heterocycles. The van der Waals surface area contributed by atoms with Gasteiger partial charge in [0.1, 0.15) is 0 Å². The summed E-state index contributed by atoms with van der Waals surface area (Å²) in [5.41, 5.74) is 1.40. The molecule has 114 valence electrons. The lowest BCUT2D eigenvalue weighted by Crippen LogP contribution is -2.41. The molecule has 2 nitrogen and oxygen atoms in total. The summed E-state index contributed by atoms with van der Waals surface area (Å²) in [6.45, 7) is 3.23. The maximum atomic E-state index is 12.8. The quantitative estimate of drug-likeness (QED) is 0.805. The Morgan fingerprint density at radius 3 is 2.52 bits per heavy atom. The average Bonchev–Trinajstić information content (AvgIpc) is 3.20. The van der Waals surface area contributed by atoms with Crippen molar-refractivity contribution in [2.75, 3.05) is 6.54 Å². The highest BCUT2D eigenvalue weighted by Crippen LogP contribution is 2.36. The van der Waals surface area contributed by atoms with E-state index in [0.29, 0.717) is 23.8 Å². The second kappa shape index (κ2) is 6.64. The highest BCUT2D eigenvalue weighted by molar-refractivity contribution is 5.79. The number of carbonyl (C=O) groups is 1. The van der Waals surface area contributed by atoms with Gasteiger partial charge in [-0.25, -0.2) is 0 Å². The van der Waals surface area contributed by atoms with E-state index in [1.54, 1.807) is 0 Å². The highest BCUT2D eigenvalue weighted by atomic mass is 16.2. The van der Waals surface area contributed by atoms with Gasteiger partial charge in [0.25, 0.3) is 0 Å². The first-order chi connectivity index (χ1) is 10.3. The minimum atomic E-state index is 0.318. The lowest BCUT2D eigenvalue weighted by Gasteiger charge is -2.33. The molecule has 1 saturated carbocycles. The molecule has 1 aromatic rings. The number of likely N-dealkylation sites (tertiary alicyclic amines) is 1. The lowest BCUT2D eigenvalue weighted by atomic mass is 9.87. The summed E-state index contributed by atoms with van der Waals surface area (Å²) in [6.07, 6.45) is 8.17. The summed E-state index contributed by atoms with van der Waals surface area (Å²) >= 11 is 0. The number of nitrogens with zero attached hydrogens (tertiary/aromatic N) is 1. The van der Waals surface area contributed by atoms with E-state index in [1.807, 2.05) is 0 Å². The zero-order valence-corrected chi connectivity index (χ0v) is 13.1. The monoisotopic (exact) mass is 285 g/mol. The molecule has 3 rings (SSSR count). The van der Waals surface area contributed by atoms with Crippen molar-refractivity contribution in [1.29, 1.82) is 0 Å². The van der Waals surface area contributed by atoms with Gasteiger partial charge >= 0.3 is 0 Å². The molecule has 1 aliphatic carbocycles. The Hall–Kier alpha value is -1.31. The predicted octanol–water partition coefficient (Wildman–Crippen LogP) is 4.36. The molecule has 1 aliphatic heterocycles. The largest absolute Gasteiger partial charge is 0.339 e. The number of benzene rings is 1. The Bertz CT molecular complexity index is 464. The van der Waals surface area contributed by atoms with Crippen LogP contribution in [0.1, 0.15) is 63.4 Å². The van der Waals surface area contributed by atoms with Crippen LogP contribution >= 0.6 is 0 Å². The number of amides is 1. The van der Waals surface area contributed by atoms with Crippen molar-refractivity contribution in [3.8, 4) is 0 Å². The SMILES string of the molecule is CC[C@H](c1ccccc1)[C@H]1CCCN1C(=O)C1CCCC1. The first-order valence-electron chi connectivity index (χ1n) is 8.66. The Morgan fingerprint density at radius 1 is 1.14 bits per heavy atom. The first kappa shape index (κ1) is 14.6. The number of hydrogen-bond acceptors (Lipinski definition) is 1. The average molecular weight is 285 g/mol. The maximum Gasteiger partial charge on any atom is 0.225 e. The Labute approximate surface area is 128 Å². The van der Waals surface area contributed by atoms with Gasteiger partial charge in [-0.2, -0.15) is 0 Å². The second-order valence-corrected chi connectivity index (χ2v) is 6.65. The van der Waals surface area contributed by atoms with Crippen LogP contribution in [0.2, 0.25) is 0 Å². The van der Waals surface area contributed by atoms with Crippen molar-refractivity contribution < 1.29 is 4.79 Å². The van der Waals surface area contributed by atoms with Crippen molar-refractivity contribution in [3.05, 3.63) is 35.9 Å². The molecule has 2 aliphatic rings. The van der Waals surface area contributed by atoms with E-state index in [1.165, 1.54) is 31.2 Å². The predicted molar refractivity (Wildman–Crippen MR) is 86.2 cm³/mol. The zero-order valence-electron chi connectivity index (χ0n) is 13.1. The summed E-state index contributed by atoms with van der Waals surface area (Å²) in [4.78, 5) is 15.1. The molecule has 1 aromatic carbocycles. The van der Waals surface area contributed by atoms with E-state index >= 15 is 0 Å². The normalized spacial score (nSPS) is 24.4. The van der Waals surface area contributed by atoms with E-state index in [9.17, 15) is 4.79 Å². The fourth-order valence-electron chi connectivity index (χ4n) is 4.32. The van der Waals surface area contributed by atoms with Gasteiger partial charge in [-0.1, -0.05) is 50.1 Å². The molecule has 2 heteroatoms. The van der Waals surface area contributed by atoms with Crippen LogP contribution in [0.15, 0.2) is 30.3 Å². The minimum absolute atomic E-state index is 0.318. The number of rotatable bonds is 4. The fourth-order valence-corrected chi connectivity index (χ4v) is 4.32. The van der Waals surface area contributed by atoms with Crippen LogP contribution in [0.5, 0.6) is 0 Å². The van der Waals surface area contributed by atoms with E-state index in [2.05, 4.69) is 42.2 Å². The van der Waals surface area contributed by atoms with Crippen LogP contribution in [0.25, 0.3) is 0 Å². The molecular weight excluding hydrogens is 258 g/mol. The number of carbonyl (C=O) groups excluding carboxylic acids is 1. The van der Waals surface area contributed by atoms with Crippen molar-refractivity contribution in [2.24, 2.45) is 5.92 Å². The van der Waals surface area contributed by atoms with Gasteiger partial charge in [-0.3, -0.25) is 4.79 Å². The van der Waals surface area contributed by atoms with Crippen molar-refractivity contribution >= 4 is 5.91 Å². The highest BCUT2D eigenvalue weighted by Gasteiger charge is 2.37. The first-order valence-corrected chi connectivity index (χ1v) is 8.66. The van der Waals surface area contributed by atoms with Crippen molar-refractivity contribution in [1.82, 2.24) is 4.90 Å². The fraction of sp³-hybridized carbons (Fsp3) is 0.632. The zero-order chi connectivity index (χ0) is 14.7. The third kappa shape index (κ3) is 3.00. The topological polar surface area (TPSA) is 20.3 Å². The van der Waals surface area contributed by atoms with Crippen molar-refractivity contribution in [3.63, 3.8) is 0 Å². The number of hydrogen-bond donors (Lipinski definition) is 0. The summed E-state index contributed by atoms with van der Waals surface area (Å²) in [7, 11) is 0. The third-order valence-electron chi connectivity index (χ3n) is 5.42. The van der Waals surface area contributed by atoms with Gasteiger partial charge in [0.2, 0.25) is 5.91 Å². The minimum Gasteiger partial charge on any atom is -0.339 e. The maximum absolute atomic E-state index is 12.8. The molecular formula is C19H27NO. The van der Waals surface area contributed by atoms with Crippen LogP contribution in [0.3, 0.4) is 0 Å². The molecule has 0 bridgehead atoms. The molecule has 1 heterocycles. The van der Waals surface area contributed by atoms with Crippen LogP contribution in [-0.2, 0) is 4.79 Å². The van der Waals surface area contributed by atoms with Crippen LogP contribution in [-0.4, -0.2) is 23.4 Å². The van der Waals surface area contributed by atoms with Crippen LogP contribution < -0.4 is 0 Å². The Kier molecular flexibility index (Phi) is 4.62. The van der Waals surface area contributed by atoms with Crippen molar-refractivity contribution in [2.45, 2.75) is 63.8 Å². The molecule has 2 atom stereocenters. The summed E-state index contributed by atoms with van der Waals surface area (Å²) in [5, 5.41) is 0. The van der Waals surface area contributed by atoms with Gasteiger partial charge in [0.05, 0.1) is 0 Å². The molecule has 1 saturated heterocycles.